The van der Waals surface area contributed by atoms with E-state index in [1.165, 1.54) is 0 Å². The number of aliphatic carboxylic acids is 1. The highest BCUT2D eigenvalue weighted by molar-refractivity contribution is 5.83. The van der Waals surface area contributed by atoms with Crippen molar-refractivity contribution in [2.45, 2.75) is 31.6 Å². The van der Waals surface area contributed by atoms with E-state index in [4.69, 9.17) is 4.52 Å². The van der Waals surface area contributed by atoms with Crippen LogP contribution in [0, 0.1) is 6.92 Å². The Bertz CT molecular complexity index is 1280. The first-order valence-corrected chi connectivity index (χ1v) is 10.8. The molecule has 0 spiro atoms. The van der Waals surface area contributed by atoms with Gasteiger partial charge < -0.3 is 20.3 Å². The Kier molecular flexibility index (Phi) is 5.26. The van der Waals surface area contributed by atoms with Crippen LogP contribution in [0.2, 0.25) is 0 Å². The number of carbonyl (C=O) groups is 1. The minimum atomic E-state index is -0.757. The van der Waals surface area contributed by atoms with Crippen molar-refractivity contribution in [3.63, 3.8) is 0 Å². The minimum Gasteiger partial charge on any atom is -0.481 e. The number of nitrogens with zero attached hydrogens (tertiary/aromatic N) is 3. The number of nitrogens with one attached hydrogen (secondary N) is 2. The van der Waals surface area contributed by atoms with Crippen LogP contribution in [0.25, 0.3) is 11.3 Å². The van der Waals surface area contributed by atoms with Crippen LogP contribution < -0.4 is 10.6 Å². The summed E-state index contributed by atoms with van der Waals surface area (Å²) in [5.74, 6) is 1.46. The van der Waals surface area contributed by atoms with Crippen LogP contribution in [0.15, 0.2) is 71.3 Å². The summed E-state index contributed by atoms with van der Waals surface area (Å²) in [7, 11) is 0. The predicted molar refractivity (Wildman–Crippen MR) is 125 cm³/mol. The first-order valence-electron chi connectivity index (χ1n) is 10.8. The molecule has 5 rings (SSSR count). The third kappa shape index (κ3) is 4.15. The van der Waals surface area contributed by atoms with Gasteiger partial charge in [0, 0.05) is 23.4 Å². The smallest absolute Gasteiger partial charge is 0.314 e. The third-order valence-corrected chi connectivity index (χ3v) is 5.99. The van der Waals surface area contributed by atoms with E-state index in [1.54, 1.807) is 6.07 Å². The fourth-order valence-electron chi connectivity index (χ4n) is 4.04. The molecule has 33 heavy (non-hydrogen) atoms. The van der Waals surface area contributed by atoms with Crippen molar-refractivity contribution in [2.75, 3.05) is 10.6 Å². The summed E-state index contributed by atoms with van der Waals surface area (Å²) in [6.07, 6.45) is 2.29. The Morgan fingerprint density at radius 3 is 2.33 bits per heavy atom. The second kappa shape index (κ2) is 8.38. The number of aryl methyl sites for hydroxylation is 1. The van der Waals surface area contributed by atoms with Crippen LogP contribution >= 0.6 is 0 Å². The maximum absolute atomic E-state index is 11.8. The van der Waals surface area contributed by atoms with E-state index in [0.717, 1.165) is 28.9 Å². The van der Waals surface area contributed by atoms with Gasteiger partial charge >= 0.3 is 5.97 Å². The molecule has 2 aromatic carbocycles. The number of anilines is 4. The summed E-state index contributed by atoms with van der Waals surface area (Å²) in [5, 5.41) is 20.0. The van der Waals surface area contributed by atoms with Gasteiger partial charge in [0.2, 0.25) is 5.95 Å². The van der Waals surface area contributed by atoms with Crippen molar-refractivity contribution in [3.05, 3.63) is 78.1 Å². The summed E-state index contributed by atoms with van der Waals surface area (Å²) in [4.78, 5) is 21.0. The van der Waals surface area contributed by atoms with E-state index in [0.29, 0.717) is 36.2 Å². The number of hydrogen-bond donors (Lipinski definition) is 3. The molecule has 8 nitrogen and oxygen atoms in total. The van der Waals surface area contributed by atoms with Crippen LogP contribution in [-0.4, -0.2) is 26.2 Å². The molecule has 0 unspecified atom stereocenters. The van der Waals surface area contributed by atoms with Crippen LogP contribution in [-0.2, 0) is 10.2 Å². The van der Waals surface area contributed by atoms with Crippen molar-refractivity contribution in [1.82, 2.24) is 15.1 Å². The van der Waals surface area contributed by atoms with Crippen LogP contribution in [0.1, 0.15) is 30.6 Å². The molecule has 0 atom stereocenters. The number of carboxylic acid groups (broad SMARTS) is 1. The molecule has 1 fully saturated rings. The third-order valence-electron chi connectivity index (χ3n) is 5.99. The molecule has 166 valence electrons. The highest BCUT2D eigenvalue weighted by Gasteiger charge is 2.45. The van der Waals surface area contributed by atoms with Crippen molar-refractivity contribution in [2.24, 2.45) is 0 Å². The average molecular weight is 441 g/mol. The Morgan fingerprint density at radius 2 is 1.73 bits per heavy atom. The minimum absolute atomic E-state index is 0.406. The van der Waals surface area contributed by atoms with Gasteiger partial charge in [0.1, 0.15) is 11.6 Å². The lowest BCUT2D eigenvalue weighted by atomic mass is 9.64. The zero-order chi connectivity index (χ0) is 22.8. The molecule has 1 aliphatic rings. The van der Waals surface area contributed by atoms with Crippen molar-refractivity contribution >= 4 is 29.2 Å². The zero-order valence-corrected chi connectivity index (χ0v) is 18.1. The van der Waals surface area contributed by atoms with Crippen molar-refractivity contribution < 1.29 is 14.4 Å². The van der Waals surface area contributed by atoms with E-state index in [-0.39, 0.29) is 0 Å². The van der Waals surface area contributed by atoms with Gasteiger partial charge in [0.25, 0.3) is 0 Å². The molecule has 0 aliphatic heterocycles. The molecule has 3 N–H and O–H groups in total. The Hall–Kier alpha value is -4.20. The molecule has 2 aromatic heterocycles. The summed E-state index contributed by atoms with van der Waals surface area (Å²) in [6, 6.07) is 20.9. The zero-order valence-electron chi connectivity index (χ0n) is 18.1. The highest BCUT2D eigenvalue weighted by Crippen LogP contribution is 2.44. The predicted octanol–water partition coefficient (Wildman–Crippen LogP) is 5.43. The van der Waals surface area contributed by atoms with Gasteiger partial charge in [-0.2, -0.15) is 4.98 Å². The fraction of sp³-hybridized carbons (Fsp3) is 0.200. The molecule has 0 bridgehead atoms. The molecule has 0 saturated heterocycles. The molecule has 1 aliphatic carbocycles. The molecular formula is C25H23N5O3. The molecule has 8 heteroatoms. The highest BCUT2D eigenvalue weighted by atomic mass is 16.5. The van der Waals surface area contributed by atoms with Crippen molar-refractivity contribution in [3.8, 4) is 11.3 Å². The van der Waals surface area contributed by atoms with E-state index < -0.39 is 11.4 Å². The quantitative estimate of drug-likeness (QED) is 0.348. The normalized spacial score (nSPS) is 14.3. The number of hydrogen-bond acceptors (Lipinski definition) is 7. The van der Waals surface area contributed by atoms with E-state index in [9.17, 15) is 9.90 Å². The molecule has 0 amide bonds. The lowest BCUT2D eigenvalue weighted by Gasteiger charge is -2.38. The molecule has 4 aromatic rings. The molecular weight excluding hydrogens is 418 g/mol. The summed E-state index contributed by atoms with van der Waals surface area (Å²) in [6.45, 7) is 1.82. The lowest BCUT2D eigenvalue weighted by Crippen LogP contribution is -2.42. The van der Waals surface area contributed by atoms with Crippen LogP contribution in [0.5, 0.6) is 0 Å². The lowest BCUT2D eigenvalue weighted by molar-refractivity contribution is -0.147. The van der Waals surface area contributed by atoms with Gasteiger partial charge in [0.05, 0.1) is 11.1 Å². The maximum Gasteiger partial charge on any atom is 0.314 e. The summed E-state index contributed by atoms with van der Waals surface area (Å²) in [5.41, 5.74) is 2.54. The fourth-order valence-corrected chi connectivity index (χ4v) is 4.04. The van der Waals surface area contributed by atoms with E-state index in [1.807, 2.05) is 67.6 Å². The Morgan fingerprint density at radius 1 is 0.970 bits per heavy atom. The monoisotopic (exact) mass is 441 g/mol. The van der Waals surface area contributed by atoms with E-state index >= 15 is 0 Å². The van der Waals surface area contributed by atoms with Gasteiger partial charge in [-0.15, -0.1) is 0 Å². The molecule has 0 radical (unpaired) electrons. The number of benzene rings is 2. The number of rotatable bonds is 7. The SMILES string of the molecule is Cc1cc(Nc2cc(-c3ccccc3)nc(Nc3ccc(C4(C(=O)O)CCC4)cc3)n2)no1. The Labute approximate surface area is 190 Å². The first kappa shape index (κ1) is 20.7. The van der Waals surface area contributed by atoms with Crippen LogP contribution in [0.4, 0.5) is 23.3 Å². The first-order chi connectivity index (χ1) is 16.0. The largest absolute Gasteiger partial charge is 0.481 e. The molecule has 2 heterocycles. The number of carboxylic acids is 1. The second-order valence-electron chi connectivity index (χ2n) is 8.22. The van der Waals surface area contributed by atoms with Gasteiger partial charge in [-0.1, -0.05) is 54.0 Å². The van der Waals surface area contributed by atoms with E-state index in [2.05, 4.69) is 25.8 Å². The van der Waals surface area contributed by atoms with Gasteiger partial charge in [0.15, 0.2) is 5.82 Å². The topological polar surface area (TPSA) is 113 Å². The Balaban J connectivity index is 1.44. The summed E-state index contributed by atoms with van der Waals surface area (Å²) < 4.78 is 5.13. The van der Waals surface area contributed by atoms with Gasteiger partial charge in [-0.3, -0.25) is 4.79 Å². The average Bonchev–Trinajstić information content (AvgIpc) is 3.19. The van der Waals surface area contributed by atoms with Crippen LogP contribution in [0.3, 0.4) is 0 Å². The second-order valence-corrected chi connectivity index (χ2v) is 8.22. The molecule has 1 saturated carbocycles. The van der Waals surface area contributed by atoms with Gasteiger partial charge in [-0.05, 0) is 37.5 Å². The number of aromatic nitrogens is 3. The maximum atomic E-state index is 11.8. The van der Waals surface area contributed by atoms with Crippen molar-refractivity contribution in [1.29, 1.82) is 0 Å². The standard InChI is InChI=1S/C25H23N5O3/c1-16-14-22(30-33-16)28-21-15-20(17-6-3-2-4-7-17)27-24(29-21)26-19-10-8-18(9-11-19)25(23(31)32)12-5-13-25/h2-4,6-11,14-15H,5,12-13H2,1H3,(H,31,32)(H2,26,27,28,29,30). The van der Waals surface area contributed by atoms with Gasteiger partial charge in [-0.25, -0.2) is 4.98 Å². The summed E-state index contributed by atoms with van der Waals surface area (Å²) >= 11 is 0.